The minimum Gasteiger partial charge on any atom is -0.444 e. The monoisotopic (exact) mass is 309 g/mol. The molecule has 0 aromatic carbocycles. The maximum Gasteiger partial charge on any atom is 0.407 e. The molecular weight excluding hydrogens is 294 g/mol. The van der Waals surface area contributed by atoms with E-state index < -0.39 is 46.3 Å². The molecule has 1 unspecified atom stereocenters. The van der Waals surface area contributed by atoms with Crippen molar-refractivity contribution in [2.75, 3.05) is 5.75 Å². The first kappa shape index (κ1) is 17.9. The van der Waals surface area contributed by atoms with Gasteiger partial charge >= 0.3 is 22.5 Å². The molecule has 0 rings (SSSR count). The molecule has 5 nitrogen and oxygen atoms in total. The number of amides is 1. The molecule has 0 aliphatic heterocycles. The Morgan fingerprint density at radius 2 is 1.74 bits per heavy atom. The summed E-state index contributed by atoms with van der Waals surface area (Å²) in [6, 6.07) is -1.94. The summed E-state index contributed by atoms with van der Waals surface area (Å²) in [5.41, 5.74) is -0.971. The molecular formula is C9H15F4NO4S. The SMILES string of the molecule is CC(C)(C)OC(=O)NC(CC(F)(F)F)CS(=O)(=O)F. The summed E-state index contributed by atoms with van der Waals surface area (Å²) >= 11 is 0. The summed E-state index contributed by atoms with van der Waals surface area (Å²) in [4.78, 5) is 11.2. The van der Waals surface area contributed by atoms with Gasteiger partial charge in [0.2, 0.25) is 0 Å². The standard InChI is InChI=1S/C9H15F4NO4S/c1-8(2,3)18-7(15)14-6(4-9(10,11)12)5-19(13,16)17/h6H,4-5H2,1-3H3,(H,14,15). The number of ether oxygens (including phenoxy) is 1. The van der Waals surface area contributed by atoms with Crippen LogP contribution >= 0.6 is 0 Å². The second-order valence-corrected chi connectivity index (χ2v) is 6.28. The lowest BCUT2D eigenvalue weighted by atomic mass is 10.2. The normalized spacial score (nSPS) is 14.9. The third kappa shape index (κ3) is 11.7. The predicted octanol–water partition coefficient (Wildman–Crippen LogP) is 2.13. The molecule has 0 radical (unpaired) electrons. The maximum absolute atomic E-state index is 12.4. The Morgan fingerprint density at radius 3 is 2.05 bits per heavy atom. The van der Waals surface area contributed by atoms with Gasteiger partial charge in [-0.25, -0.2) is 4.79 Å². The average molecular weight is 309 g/mol. The summed E-state index contributed by atoms with van der Waals surface area (Å²) in [5.74, 6) is -1.47. The number of rotatable bonds is 4. The van der Waals surface area contributed by atoms with E-state index in [1.165, 1.54) is 20.8 Å². The van der Waals surface area contributed by atoms with Gasteiger partial charge in [0, 0.05) is 0 Å². The van der Waals surface area contributed by atoms with Gasteiger partial charge in [-0.05, 0) is 20.8 Å². The Morgan fingerprint density at radius 1 is 1.26 bits per heavy atom. The van der Waals surface area contributed by atoms with Crippen molar-refractivity contribution in [1.29, 1.82) is 0 Å². The molecule has 0 aromatic rings. The fourth-order valence-electron chi connectivity index (χ4n) is 1.15. The van der Waals surface area contributed by atoms with Crippen LogP contribution in [-0.2, 0) is 15.0 Å². The van der Waals surface area contributed by atoms with Gasteiger partial charge in [-0.1, -0.05) is 0 Å². The highest BCUT2D eigenvalue weighted by Gasteiger charge is 2.35. The highest BCUT2D eigenvalue weighted by atomic mass is 32.3. The Labute approximate surface area is 108 Å². The van der Waals surface area contributed by atoms with E-state index in [1.54, 1.807) is 5.32 Å². The first-order valence-electron chi connectivity index (χ1n) is 5.16. The molecule has 0 saturated carbocycles. The van der Waals surface area contributed by atoms with E-state index in [-0.39, 0.29) is 0 Å². The Kier molecular flexibility index (Phi) is 5.60. The molecule has 0 saturated heterocycles. The fraction of sp³-hybridized carbons (Fsp3) is 0.889. The van der Waals surface area contributed by atoms with Crippen LogP contribution in [0.4, 0.5) is 21.9 Å². The molecule has 0 heterocycles. The summed E-state index contributed by atoms with van der Waals surface area (Å²) in [6.07, 6.45) is -7.66. The molecule has 0 bridgehead atoms. The van der Waals surface area contributed by atoms with Crippen molar-refractivity contribution in [3.63, 3.8) is 0 Å². The van der Waals surface area contributed by atoms with Crippen LogP contribution in [0.3, 0.4) is 0 Å². The van der Waals surface area contributed by atoms with Crippen LogP contribution in [0.15, 0.2) is 0 Å². The third-order valence-electron chi connectivity index (χ3n) is 1.60. The van der Waals surface area contributed by atoms with Crippen molar-refractivity contribution < 1.29 is 35.0 Å². The smallest absolute Gasteiger partial charge is 0.407 e. The van der Waals surface area contributed by atoms with E-state index in [0.29, 0.717) is 0 Å². The first-order chi connectivity index (χ1) is 8.18. The van der Waals surface area contributed by atoms with Gasteiger partial charge in [-0.3, -0.25) is 0 Å². The summed E-state index contributed by atoms with van der Waals surface area (Å²) in [5, 5.41) is 1.69. The van der Waals surface area contributed by atoms with Crippen LogP contribution in [0, 0.1) is 0 Å². The van der Waals surface area contributed by atoms with Crippen LogP contribution in [-0.4, -0.2) is 38.1 Å². The van der Waals surface area contributed by atoms with Crippen LogP contribution in [0.5, 0.6) is 0 Å². The van der Waals surface area contributed by atoms with E-state index in [9.17, 15) is 30.3 Å². The van der Waals surface area contributed by atoms with Crippen molar-refractivity contribution in [2.45, 2.75) is 45.0 Å². The van der Waals surface area contributed by atoms with Crippen molar-refractivity contribution >= 4 is 16.3 Å². The zero-order valence-electron chi connectivity index (χ0n) is 10.5. The lowest BCUT2D eigenvalue weighted by Gasteiger charge is -2.23. The zero-order valence-corrected chi connectivity index (χ0v) is 11.4. The van der Waals surface area contributed by atoms with Gasteiger partial charge in [0.1, 0.15) is 11.4 Å². The Hall–Kier alpha value is -1.06. The van der Waals surface area contributed by atoms with Gasteiger partial charge in [-0.2, -0.15) is 21.6 Å². The first-order valence-corrected chi connectivity index (χ1v) is 6.72. The van der Waals surface area contributed by atoms with E-state index in [4.69, 9.17) is 0 Å². The number of carbonyl (C=O) groups is 1. The van der Waals surface area contributed by atoms with Crippen LogP contribution < -0.4 is 5.32 Å². The fourth-order valence-corrected chi connectivity index (χ4v) is 1.83. The lowest BCUT2D eigenvalue weighted by Crippen LogP contribution is -2.44. The van der Waals surface area contributed by atoms with Crippen LogP contribution in [0.1, 0.15) is 27.2 Å². The third-order valence-corrected chi connectivity index (χ3v) is 2.40. The second kappa shape index (κ2) is 5.93. The molecule has 114 valence electrons. The van der Waals surface area contributed by atoms with Crippen molar-refractivity contribution in [1.82, 2.24) is 5.32 Å². The zero-order chi connectivity index (χ0) is 15.5. The minimum absolute atomic E-state index is 0.971. The van der Waals surface area contributed by atoms with E-state index in [2.05, 4.69) is 4.74 Å². The van der Waals surface area contributed by atoms with E-state index >= 15 is 0 Å². The molecule has 1 atom stereocenters. The van der Waals surface area contributed by atoms with Crippen LogP contribution in [0.2, 0.25) is 0 Å². The number of nitrogens with one attached hydrogen (secondary N) is 1. The van der Waals surface area contributed by atoms with Gasteiger partial charge in [0.15, 0.2) is 0 Å². The molecule has 1 N–H and O–H groups in total. The number of carbonyl (C=O) groups excluding carboxylic acids is 1. The van der Waals surface area contributed by atoms with E-state index in [0.717, 1.165) is 0 Å². The predicted molar refractivity (Wildman–Crippen MR) is 58.7 cm³/mol. The second-order valence-electron chi connectivity index (χ2n) is 4.87. The van der Waals surface area contributed by atoms with Gasteiger partial charge < -0.3 is 10.1 Å². The quantitative estimate of drug-likeness (QED) is 0.638. The van der Waals surface area contributed by atoms with Gasteiger partial charge in [-0.15, -0.1) is 3.89 Å². The Bertz CT molecular complexity index is 413. The molecule has 0 fully saturated rings. The van der Waals surface area contributed by atoms with Gasteiger partial charge in [0.25, 0.3) is 0 Å². The molecule has 0 aliphatic carbocycles. The van der Waals surface area contributed by atoms with Crippen LogP contribution in [0.25, 0.3) is 0 Å². The minimum atomic E-state index is -5.16. The maximum atomic E-state index is 12.4. The number of halogens is 4. The Balaban J connectivity index is 4.72. The molecule has 10 heteroatoms. The van der Waals surface area contributed by atoms with Gasteiger partial charge in [0.05, 0.1) is 12.5 Å². The molecule has 0 aliphatic rings. The summed E-state index contributed by atoms with van der Waals surface area (Å²) in [7, 11) is -5.16. The molecule has 0 aromatic heterocycles. The number of hydrogen-bond donors (Lipinski definition) is 1. The molecule has 19 heavy (non-hydrogen) atoms. The van der Waals surface area contributed by atoms with E-state index in [1.807, 2.05) is 0 Å². The largest absolute Gasteiger partial charge is 0.444 e. The number of alkyl halides is 3. The molecule has 0 spiro atoms. The topological polar surface area (TPSA) is 72.5 Å². The number of hydrogen-bond acceptors (Lipinski definition) is 4. The van der Waals surface area contributed by atoms with Crippen molar-refractivity contribution in [3.8, 4) is 0 Å². The number of alkyl carbamates (subject to hydrolysis) is 1. The van der Waals surface area contributed by atoms with Crippen molar-refractivity contribution in [2.24, 2.45) is 0 Å². The summed E-state index contributed by atoms with van der Waals surface area (Å²) < 4.78 is 74.3. The average Bonchev–Trinajstić information content (AvgIpc) is 1.90. The highest BCUT2D eigenvalue weighted by Crippen LogP contribution is 2.22. The lowest BCUT2D eigenvalue weighted by molar-refractivity contribution is -0.138. The van der Waals surface area contributed by atoms with Crippen molar-refractivity contribution in [3.05, 3.63) is 0 Å². The molecule has 1 amide bonds. The highest BCUT2D eigenvalue weighted by molar-refractivity contribution is 7.86. The summed E-state index contributed by atoms with van der Waals surface area (Å²) in [6.45, 7) is 4.41.